The summed E-state index contributed by atoms with van der Waals surface area (Å²) in [5.41, 5.74) is 0. The van der Waals surface area contributed by atoms with E-state index in [1.807, 2.05) is 0 Å². The van der Waals surface area contributed by atoms with Crippen molar-refractivity contribution in [1.82, 2.24) is 0 Å². The third kappa shape index (κ3) is 4.37. The van der Waals surface area contributed by atoms with E-state index in [0.717, 1.165) is 11.3 Å². The lowest BCUT2D eigenvalue weighted by molar-refractivity contribution is -0.450. The van der Waals surface area contributed by atoms with Crippen LogP contribution in [0, 0.1) is 0 Å². The second-order valence-electron chi connectivity index (χ2n) is 7.02. The number of hydrogen-bond acceptors (Lipinski definition) is 5. The Hall–Kier alpha value is -2.28. The number of hydrogen-bond donors (Lipinski definition) is 0. The fraction of sp³-hybridized carbons (Fsp3) is 0.688. The van der Waals surface area contributed by atoms with Gasteiger partial charge in [0.1, 0.15) is 12.7 Å². The van der Waals surface area contributed by atoms with Gasteiger partial charge in [-0.15, -0.1) is 11.3 Å². The van der Waals surface area contributed by atoms with Crippen LogP contribution < -0.4 is 9.47 Å². The number of alkyl halides is 15. The SMILES string of the molecule is O=C(OCC1CCOc2cscc2O1)C(F)(F)C(F)(F)C(F)(F)C(F)(F)C(F)(F)C(F)(F)C(F)(F)F. The molecule has 4 nitrogen and oxygen atoms in total. The van der Waals surface area contributed by atoms with Crippen LogP contribution in [0.1, 0.15) is 6.42 Å². The topological polar surface area (TPSA) is 44.8 Å². The van der Waals surface area contributed by atoms with Crippen LogP contribution in [0.5, 0.6) is 11.5 Å². The van der Waals surface area contributed by atoms with E-state index in [1.165, 1.54) is 10.8 Å². The van der Waals surface area contributed by atoms with Crippen molar-refractivity contribution in [2.24, 2.45) is 0 Å². The van der Waals surface area contributed by atoms with Gasteiger partial charge in [0.15, 0.2) is 11.5 Å². The van der Waals surface area contributed by atoms with Crippen molar-refractivity contribution in [2.75, 3.05) is 13.2 Å². The molecule has 1 unspecified atom stereocenters. The summed E-state index contributed by atoms with van der Waals surface area (Å²) < 4.78 is 211. The molecule has 1 aromatic rings. The van der Waals surface area contributed by atoms with E-state index < -0.39 is 60.4 Å². The third-order valence-electron chi connectivity index (χ3n) is 4.57. The van der Waals surface area contributed by atoms with Gasteiger partial charge in [-0.2, -0.15) is 65.9 Å². The van der Waals surface area contributed by atoms with Crippen LogP contribution in [0.2, 0.25) is 0 Å². The van der Waals surface area contributed by atoms with Crippen molar-refractivity contribution < 1.29 is 84.9 Å². The second kappa shape index (κ2) is 8.93. The van der Waals surface area contributed by atoms with Gasteiger partial charge in [0.05, 0.1) is 6.61 Å². The molecule has 0 bridgehead atoms. The van der Waals surface area contributed by atoms with Gasteiger partial charge in [-0.25, -0.2) is 4.79 Å². The molecule has 36 heavy (non-hydrogen) atoms. The van der Waals surface area contributed by atoms with E-state index >= 15 is 0 Å². The van der Waals surface area contributed by atoms with E-state index in [2.05, 4.69) is 4.74 Å². The average Bonchev–Trinajstić information content (AvgIpc) is 3.07. The van der Waals surface area contributed by atoms with Gasteiger partial charge in [0.25, 0.3) is 0 Å². The summed E-state index contributed by atoms with van der Waals surface area (Å²) in [7, 11) is 0. The Bertz CT molecular complexity index is 956. The van der Waals surface area contributed by atoms with Crippen LogP contribution in [0.25, 0.3) is 0 Å². The van der Waals surface area contributed by atoms with Crippen molar-refractivity contribution in [3.63, 3.8) is 0 Å². The zero-order valence-electron chi connectivity index (χ0n) is 16.6. The lowest BCUT2D eigenvalue weighted by Crippen LogP contribution is -2.73. The molecule has 0 amide bonds. The maximum atomic E-state index is 13.8. The summed E-state index contributed by atoms with van der Waals surface area (Å²) in [6.45, 7) is -1.68. The maximum Gasteiger partial charge on any atom is 0.460 e. The molecule has 20 heteroatoms. The van der Waals surface area contributed by atoms with Crippen LogP contribution in [0.3, 0.4) is 0 Å². The average molecular weight is 582 g/mol. The zero-order valence-corrected chi connectivity index (χ0v) is 17.4. The standard InChI is InChI=1S/C16H9F15O4S/c17-10(18,9(32)34-3-6-1-2-33-7-4-36-5-8(7)35-6)11(19,20)12(21,22)13(23,24)14(25,26)15(27,28)16(29,30)31/h4-6H,1-3H2. The summed E-state index contributed by atoms with van der Waals surface area (Å²) in [6.07, 6.45) is -9.48. The highest BCUT2D eigenvalue weighted by Crippen LogP contribution is 2.62. The number of ether oxygens (including phenoxy) is 3. The van der Waals surface area contributed by atoms with Gasteiger partial charge in [-0.3, -0.25) is 0 Å². The largest absolute Gasteiger partial charge is 0.489 e. The molecule has 0 aromatic carbocycles. The Kier molecular flexibility index (Phi) is 7.43. The predicted molar refractivity (Wildman–Crippen MR) is 85.5 cm³/mol. The molecule has 1 aliphatic heterocycles. The molecule has 208 valence electrons. The quantitative estimate of drug-likeness (QED) is 0.271. The first-order valence-corrected chi connectivity index (χ1v) is 9.77. The molecular weight excluding hydrogens is 573 g/mol. The minimum atomic E-state index is -8.48. The van der Waals surface area contributed by atoms with E-state index in [4.69, 9.17) is 9.47 Å². The number of esters is 1. The van der Waals surface area contributed by atoms with E-state index in [-0.39, 0.29) is 24.5 Å². The van der Waals surface area contributed by atoms with Crippen LogP contribution >= 0.6 is 11.3 Å². The number of rotatable bonds is 8. The molecule has 1 aromatic heterocycles. The van der Waals surface area contributed by atoms with Gasteiger partial charge >= 0.3 is 47.7 Å². The molecule has 1 aliphatic rings. The van der Waals surface area contributed by atoms with Crippen molar-refractivity contribution in [1.29, 1.82) is 0 Å². The van der Waals surface area contributed by atoms with Gasteiger partial charge in [0.2, 0.25) is 0 Å². The minimum Gasteiger partial charge on any atom is -0.489 e. The predicted octanol–water partition coefficient (Wildman–Crippen LogP) is 6.20. The van der Waals surface area contributed by atoms with E-state index in [1.54, 1.807) is 0 Å². The highest BCUT2D eigenvalue weighted by atomic mass is 32.1. The van der Waals surface area contributed by atoms with E-state index in [9.17, 15) is 70.7 Å². The second-order valence-corrected chi connectivity index (χ2v) is 7.76. The molecule has 0 N–H and O–H groups in total. The fourth-order valence-electron chi connectivity index (χ4n) is 2.48. The molecule has 1 atom stereocenters. The van der Waals surface area contributed by atoms with Gasteiger partial charge in [-0.1, -0.05) is 0 Å². The molecule has 0 saturated heterocycles. The summed E-state index contributed by atoms with van der Waals surface area (Å²) >= 11 is 0.992. The Labute approximate surface area is 192 Å². The first kappa shape index (κ1) is 29.9. The van der Waals surface area contributed by atoms with Crippen LogP contribution in [0.15, 0.2) is 10.8 Å². The highest BCUT2D eigenvalue weighted by Gasteiger charge is 2.94. The molecular formula is C16H9F15O4S. The Morgan fingerprint density at radius 1 is 0.778 bits per heavy atom. The number of fused-ring (bicyclic) bond motifs is 1. The summed E-state index contributed by atoms with van der Waals surface area (Å²) in [5.74, 6) is -52.1. The number of halogens is 15. The summed E-state index contributed by atoms with van der Waals surface area (Å²) in [5, 5.41) is 2.66. The number of carbonyl (C=O) groups excluding carboxylic acids is 1. The normalized spacial score (nSPS) is 18.6. The third-order valence-corrected chi connectivity index (χ3v) is 5.27. The van der Waals surface area contributed by atoms with Crippen LogP contribution in [-0.2, 0) is 9.53 Å². The number of carbonyl (C=O) groups is 1. The molecule has 2 heterocycles. The van der Waals surface area contributed by atoms with Crippen LogP contribution in [-0.4, -0.2) is 67.0 Å². The van der Waals surface area contributed by atoms with Gasteiger partial charge in [0, 0.05) is 17.2 Å². The van der Waals surface area contributed by atoms with Gasteiger partial charge < -0.3 is 14.2 Å². The van der Waals surface area contributed by atoms with Crippen molar-refractivity contribution in [2.45, 2.75) is 54.2 Å². The molecule has 0 radical (unpaired) electrons. The fourth-order valence-corrected chi connectivity index (χ4v) is 3.15. The van der Waals surface area contributed by atoms with Crippen LogP contribution in [0.4, 0.5) is 65.9 Å². The zero-order chi connectivity index (χ0) is 28.2. The Morgan fingerprint density at radius 2 is 1.25 bits per heavy atom. The Balaban J connectivity index is 2.29. The molecule has 2 rings (SSSR count). The molecule has 0 spiro atoms. The van der Waals surface area contributed by atoms with Gasteiger partial charge in [-0.05, 0) is 0 Å². The first-order valence-electron chi connectivity index (χ1n) is 8.83. The maximum absolute atomic E-state index is 13.8. The van der Waals surface area contributed by atoms with Crippen molar-refractivity contribution in [3.8, 4) is 11.5 Å². The lowest BCUT2D eigenvalue weighted by atomic mass is 9.91. The smallest absolute Gasteiger partial charge is 0.460 e. The van der Waals surface area contributed by atoms with Crippen molar-refractivity contribution in [3.05, 3.63) is 10.8 Å². The number of thiophene rings is 1. The summed E-state index contributed by atoms with van der Waals surface area (Å²) in [4.78, 5) is 11.4. The highest BCUT2D eigenvalue weighted by molar-refractivity contribution is 7.08. The monoisotopic (exact) mass is 582 g/mol. The van der Waals surface area contributed by atoms with Crippen molar-refractivity contribution >= 4 is 17.3 Å². The van der Waals surface area contributed by atoms with E-state index in [0.29, 0.717) is 0 Å². The Morgan fingerprint density at radius 3 is 1.78 bits per heavy atom. The summed E-state index contributed by atoms with van der Waals surface area (Å²) in [6, 6.07) is 0. The molecule has 0 saturated carbocycles. The molecule has 0 aliphatic carbocycles. The first-order chi connectivity index (χ1) is 16.0. The lowest BCUT2D eigenvalue weighted by Gasteiger charge is -2.40. The molecule has 0 fully saturated rings. The minimum absolute atomic E-state index is 0.0605.